The van der Waals surface area contributed by atoms with Gasteiger partial charge in [0.05, 0.1) is 0 Å². The molecule has 0 N–H and O–H groups in total. The van der Waals surface area contributed by atoms with Gasteiger partial charge in [-0.05, 0) is 29.3 Å². The zero-order valence-electron chi connectivity index (χ0n) is 9.61. The molecule has 0 spiro atoms. The Hall–Kier alpha value is -0.870. The highest BCUT2D eigenvalue weighted by Gasteiger charge is 2.00. The fraction of sp³-hybridized carbons (Fsp3) is 0.143. The van der Waals surface area contributed by atoms with Crippen LogP contribution < -0.4 is 0 Å². The van der Waals surface area contributed by atoms with Gasteiger partial charge in [-0.3, -0.25) is 0 Å². The molecule has 0 saturated heterocycles. The van der Waals surface area contributed by atoms with E-state index in [1.807, 2.05) is 48.5 Å². The third-order valence-corrected chi connectivity index (χ3v) is 3.38. The zero-order chi connectivity index (χ0) is 12.8. The lowest BCUT2D eigenvalue weighted by molar-refractivity contribution is -0.313. The second-order valence-corrected chi connectivity index (χ2v) is 5.04. The summed E-state index contributed by atoms with van der Waals surface area (Å²) in [5.41, 5.74) is 2.03. The van der Waals surface area contributed by atoms with Gasteiger partial charge in [-0.1, -0.05) is 57.9 Å². The molecular formula is C14H12BrClO2. The van der Waals surface area contributed by atoms with Crippen molar-refractivity contribution in [2.45, 2.75) is 13.2 Å². The first kappa shape index (κ1) is 13.6. The van der Waals surface area contributed by atoms with E-state index in [9.17, 15) is 0 Å². The number of hydrogen-bond donors (Lipinski definition) is 0. The molecular weight excluding hydrogens is 316 g/mol. The Morgan fingerprint density at radius 1 is 0.944 bits per heavy atom. The van der Waals surface area contributed by atoms with Gasteiger partial charge in [0, 0.05) is 9.50 Å². The summed E-state index contributed by atoms with van der Waals surface area (Å²) in [7, 11) is 0. The van der Waals surface area contributed by atoms with E-state index in [-0.39, 0.29) is 0 Å². The van der Waals surface area contributed by atoms with Crippen LogP contribution in [-0.2, 0) is 23.0 Å². The summed E-state index contributed by atoms with van der Waals surface area (Å²) in [5.74, 6) is 0. The summed E-state index contributed by atoms with van der Waals surface area (Å²) in [6.45, 7) is 0.785. The van der Waals surface area contributed by atoms with Gasteiger partial charge in [-0.15, -0.1) is 0 Å². The lowest BCUT2D eigenvalue weighted by Gasteiger charge is -2.06. The minimum atomic E-state index is 0.380. The third-order valence-electron chi connectivity index (χ3n) is 2.37. The molecule has 2 aromatic rings. The number of halogens is 2. The molecule has 18 heavy (non-hydrogen) atoms. The van der Waals surface area contributed by atoms with Crippen molar-refractivity contribution in [3.63, 3.8) is 0 Å². The molecule has 2 nitrogen and oxygen atoms in total. The Kier molecular flexibility index (Phi) is 5.20. The van der Waals surface area contributed by atoms with E-state index in [0.717, 1.165) is 15.6 Å². The van der Waals surface area contributed by atoms with E-state index in [1.165, 1.54) is 0 Å². The second kappa shape index (κ2) is 6.90. The fourth-order valence-corrected chi connectivity index (χ4v) is 2.07. The first-order chi connectivity index (χ1) is 8.75. The van der Waals surface area contributed by atoms with Crippen LogP contribution in [0.15, 0.2) is 53.0 Å². The van der Waals surface area contributed by atoms with Crippen LogP contribution in [0.25, 0.3) is 0 Å². The van der Waals surface area contributed by atoms with Crippen LogP contribution in [0.4, 0.5) is 0 Å². The Morgan fingerprint density at radius 2 is 1.72 bits per heavy atom. The van der Waals surface area contributed by atoms with E-state index in [0.29, 0.717) is 18.2 Å². The molecule has 0 atom stereocenters. The molecule has 0 radical (unpaired) electrons. The number of benzene rings is 2. The van der Waals surface area contributed by atoms with Crippen LogP contribution in [0.1, 0.15) is 11.1 Å². The van der Waals surface area contributed by atoms with Gasteiger partial charge in [0.15, 0.2) is 0 Å². The SMILES string of the molecule is Clc1cccc(COOCc2ccccc2Br)c1. The smallest absolute Gasteiger partial charge is 0.108 e. The summed E-state index contributed by atoms with van der Waals surface area (Å²) >= 11 is 9.32. The highest BCUT2D eigenvalue weighted by atomic mass is 79.9. The molecule has 0 aliphatic heterocycles. The van der Waals surface area contributed by atoms with Gasteiger partial charge in [0.1, 0.15) is 13.2 Å². The van der Waals surface area contributed by atoms with E-state index in [1.54, 1.807) is 0 Å². The molecule has 4 heteroatoms. The molecule has 0 aliphatic carbocycles. The van der Waals surface area contributed by atoms with Crippen molar-refractivity contribution in [3.05, 3.63) is 69.2 Å². The second-order valence-electron chi connectivity index (χ2n) is 3.75. The molecule has 0 bridgehead atoms. The van der Waals surface area contributed by atoms with Crippen LogP contribution in [0, 0.1) is 0 Å². The van der Waals surface area contributed by atoms with Crippen molar-refractivity contribution in [1.29, 1.82) is 0 Å². The molecule has 0 fully saturated rings. The molecule has 0 amide bonds. The predicted octanol–water partition coefficient (Wildman–Crippen LogP) is 4.75. The minimum absolute atomic E-state index is 0.380. The molecule has 2 rings (SSSR count). The molecule has 0 saturated carbocycles. The monoisotopic (exact) mass is 326 g/mol. The summed E-state index contributed by atoms with van der Waals surface area (Å²) in [5, 5.41) is 0.696. The highest BCUT2D eigenvalue weighted by Crippen LogP contribution is 2.17. The minimum Gasteiger partial charge on any atom is -0.232 e. The number of hydrogen-bond acceptors (Lipinski definition) is 2. The average Bonchev–Trinajstić information content (AvgIpc) is 2.37. The Bertz CT molecular complexity index is 517. The Labute approximate surface area is 120 Å². The van der Waals surface area contributed by atoms with E-state index < -0.39 is 0 Å². The van der Waals surface area contributed by atoms with Crippen molar-refractivity contribution in [2.75, 3.05) is 0 Å². The first-order valence-electron chi connectivity index (χ1n) is 5.48. The standard InChI is InChI=1S/C14H12BrClO2/c15-14-7-2-1-5-12(14)10-18-17-9-11-4-3-6-13(16)8-11/h1-8H,9-10H2. The maximum Gasteiger partial charge on any atom is 0.108 e. The zero-order valence-corrected chi connectivity index (χ0v) is 11.9. The van der Waals surface area contributed by atoms with Crippen molar-refractivity contribution < 1.29 is 9.78 Å². The van der Waals surface area contributed by atoms with E-state index in [4.69, 9.17) is 21.4 Å². The predicted molar refractivity (Wildman–Crippen MR) is 75.2 cm³/mol. The highest BCUT2D eigenvalue weighted by molar-refractivity contribution is 9.10. The van der Waals surface area contributed by atoms with Crippen LogP contribution >= 0.6 is 27.5 Å². The van der Waals surface area contributed by atoms with Gasteiger partial charge in [0.2, 0.25) is 0 Å². The van der Waals surface area contributed by atoms with Gasteiger partial charge in [-0.2, -0.15) is 0 Å². The van der Waals surface area contributed by atoms with Gasteiger partial charge in [0.25, 0.3) is 0 Å². The molecule has 94 valence electrons. The van der Waals surface area contributed by atoms with Crippen molar-refractivity contribution in [2.24, 2.45) is 0 Å². The topological polar surface area (TPSA) is 18.5 Å². The third kappa shape index (κ3) is 4.10. The number of rotatable bonds is 5. The summed E-state index contributed by atoms with van der Waals surface area (Å²) < 4.78 is 1.01. The maximum atomic E-state index is 5.87. The summed E-state index contributed by atoms with van der Waals surface area (Å²) in [4.78, 5) is 10.3. The Balaban J connectivity index is 1.78. The van der Waals surface area contributed by atoms with Crippen molar-refractivity contribution in [3.8, 4) is 0 Å². The van der Waals surface area contributed by atoms with Crippen molar-refractivity contribution in [1.82, 2.24) is 0 Å². The normalized spacial score (nSPS) is 10.6. The molecule has 0 aromatic heterocycles. The Morgan fingerprint density at radius 3 is 2.50 bits per heavy atom. The first-order valence-corrected chi connectivity index (χ1v) is 6.65. The fourth-order valence-electron chi connectivity index (χ4n) is 1.46. The summed E-state index contributed by atoms with van der Waals surface area (Å²) in [6, 6.07) is 15.4. The van der Waals surface area contributed by atoms with Crippen LogP contribution in [0.3, 0.4) is 0 Å². The van der Waals surface area contributed by atoms with Gasteiger partial charge < -0.3 is 0 Å². The van der Waals surface area contributed by atoms with E-state index in [2.05, 4.69) is 15.9 Å². The van der Waals surface area contributed by atoms with Gasteiger partial charge >= 0.3 is 0 Å². The maximum absolute atomic E-state index is 5.87. The van der Waals surface area contributed by atoms with Crippen LogP contribution in [0.2, 0.25) is 5.02 Å². The molecule has 0 aliphatic rings. The van der Waals surface area contributed by atoms with Crippen molar-refractivity contribution >= 4 is 27.5 Å². The lowest BCUT2D eigenvalue weighted by atomic mass is 10.2. The summed E-state index contributed by atoms with van der Waals surface area (Å²) in [6.07, 6.45) is 0. The molecule has 0 heterocycles. The molecule has 0 unspecified atom stereocenters. The van der Waals surface area contributed by atoms with Crippen LogP contribution in [0.5, 0.6) is 0 Å². The quantitative estimate of drug-likeness (QED) is 0.448. The lowest BCUT2D eigenvalue weighted by Crippen LogP contribution is -1.97. The van der Waals surface area contributed by atoms with E-state index >= 15 is 0 Å². The average molecular weight is 328 g/mol. The molecule has 2 aromatic carbocycles. The van der Waals surface area contributed by atoms with Gasteiger partial charge in [-0.25, -0.2) is 9.78 Å². The largest absolute Gasteiger partial charge is 0.232 e. The van der Waals surface area contributed by atoms with Crippen LogP contribution in [-0.4, -0.2) is 0 Å².